The Balaban J connectivity index is 3.48. The van der Waals surface area contributed by atoms with Gasteiger partial charge in [-0.2, -0.15) is 0 Å². The number of allylic oxidation sites excluding steroid dienone is 1. The SMILES string of the molecule is CCCCCCCCCCCCCCCCCCCCCCCC/C=C/C(O)C(CO)NC(=O)C(O)CCCCCCCCCCCCCCCCCCCCCCCCCCCCCCCCCC. The van der Waals surface area contributed by atoms with Crippen molar-refractivity contribution in [2.45, 2.75) is 392 Å². The molecule has 70 heavy (non-hydrogen) atoms. The number of hydrogen-bond acceptors (Lipinski definition) is 4. The van der Waals surface area contributed by atoms with Crippen LogP contribution in [0.4, 0.5) is 0 Å². The molecule has 0 fully saturated rings. The van der Waals surface area contributed by atoms with Gasteiger partial charge in [-0.3, -0.25) is 4.79 Å². The molecule has 418 valence electrons. The van der Waals surface area contributed by atoms with Crippen LogP contribution in [0.1, 0.15) is 373 Å². The van der Waals surface area contributed by atoms with Gasteiger partial charge in [0.1, 0.15) is 6.10 Å². The predicted octanol–water partition coefficient (Wildman–Crippen LogP) is 20.6. The van der Waals surface area contributed by atoms with Gasteiger partial charge in [-0.15, -0.1) is 0 Å². The monoisotopic (exact) mass is 988 g/mol. The maximum Gasteiger partial charge on any atom is 0.249 e. The molecule has 0 bridgehead atoms. The first-order valence-corrected chi connectivity index (χ1v) is 32.5. The number of hydrogen-bond donors (Lipinski definition) is 4. The minimum atomic E-state index is -1.09. The minimum absolute atomic E-state index is 0.358. The van der Waals surface area contributed by atoms with Crippen molar-refractivity contribution in [3.05, 3.63) is 12.2 Å². The summed E-state index contributed by atoms with van der Waals surface area (Å²) in [6.07, 6.45) is 77.6. The highest BCUT2D eigenvalue weighted by molar-refractivity contribution is 5.80. The largest absolute Gasteiger partial charge is 0.394 e. The van der Waals surface area contributed by atoms with Crippen LogP contribution < -0.4 is 5.32 Å². The summed E-state index contributed by atoms with van der Waals surface area (Å²) in [5, 5.41) is 33.5. The Kier molecular flexibility index (Phi) is 59.9. The van der Waals surface area contributed by atoms with E-state index in [0.29, 0.717) is 6.42 Å². The Morgan fingerprint density at radius 3 is 0.786 bits per heavy atom. The Morgan fingerprint density at radius 1 is 0.343 bits per heavy atom. The Hall–Kier alpha value is -0.910. The van der Waals surface area contributed by atoms with E-state index in [1.807, 2.05) is 6.08 Å². The minimum Gasteiger partial charge on any atom is -0.394 e. The molecular formula is C65H129NO4. The molecule has 5 nitrogen and oxygen atoms in total. The third-order valence-electron chi connectivity index (χ3n) is 15.6. The van der Waals surface area contributed by atoms with Crippen molar-refractivity contribution in [2.24, 2.45) is 0 Å². The average molecular weight is 989 g/mol. The molecule has 5 heteroatoms. The normalized spacial score (nSPS) is 13.2. The molecule has 1 amide bonds. The summed E-state index contributed by atoms with van der Waals surface area (Å²) < 4.78 is 0. The second-order valence-electron chi connectivity index (χ2n) is 22.7. The van der Waals surface area contributed by atoms with Gasteiger partial charge in [0.25, 0.3) is 0 Å². The summed E-state index contributed by atoms with van der Waals surface area (Å²) in [6, 6.07) is -0.795. The fourth-order valence-electron chi connectivity index (χ4n) is 10.6. The van der Waals surface area contributed by atoms with E-state index in [1.54, 1.807) is 6.08 Å². The fraction of sp³-hybridized carbons (Fsp3) is 0.954. The lowest BCUT2D eigenvalue weighted by Crippen LogP contribution is -2.48. The number of carbonyl (C=O) groups is 1. The molecule has 0 aliphatic heterocycles. The number of aliphatic hydroxyl groups excluding tert-OH is 3. The molecule has 0 radical (unpaired) electrons. The van der Waals surface area contributed by atoms with Crippen molar-refractivity contribution in [3.8, 4) is 0 Å². The first-order chi connectivity index (χ1) is 34.6. The van der Waals surface area contributed by atoms with Crippen LogP contribution >= 0.6 is 0 Å². The van der Waals surface area contributed by atoms with Gasteiger partial charge in [0.2, 0.25) is 5.91 Å². The molecule has 0 aromatic carbocycles. The third-order valence-corrected chi connectivity index (χ3v) is 15.6. The summed E-state index contributed by atoms with van der Waals surface area (Å²) in [5.41, 5.74) is 0. The molecule has 3 atom stereocenters. The van der Waals surface area contributed by atoms with E-state index >= 15 is 0 Å². The van der Waals surface area contributed by atoms with Gasteiger partial charge < -0.3 is 20.6 Å². The summed E-state index contributed by atoms with van der Waals surface area (Å²) in [7, 11) is 0. The molecule has 0 aliphatic carbocycles. The molecule has 0 saturated heterocycles. The number of nitrogens with one attached hydrogen (secondary N) is 1. The predicted molar refractivity (Wildman–Crippen MR) is 310 cm³/mol. The van der Waals surface area contributed by atoms with Crippen LogP contribution in [0.3, 0.4) is 0 Å². The zero-order valence-electron chi connectivity index (χ0n) is 47.9. The number of amides is 1. The zero-order valence-corrected chi connectivity index (χ0v) is 47.9. The zero-order chi connectivity index (χ0) is 50.7. The second kappa shape index (κ2) is 60.6. The van der Waals surface area contributed by atoms with Gasteiger partial charge >= 0.3 is 0 Å². The molecule has 0 aromatic heterocycles. The van der Waals surface area contributed by atoms with Gasteiger partial charge in [-0.25, -0.2) is 0 Å². The highest BCUT2D eigenvalue weighted by Gasteiger charge is 2.22. The van der Waals surface area contributed by atoms with E-state index in [9.17, 15) is 20.1 Å². The smallest absolute Gasteiger partial charge is 0.249 e. The van der Waals surface area contributed by atoms with Crippen LogP contribution in [0.2, 0.25) is 0 Å². The van der Waals surface area contributed by atoms with Gasteiger partial charge in [-0.1, -0.05) is 366 Å². The quantitative estimate of drug-likeness (QED) is 0.0361. The van der Waals surface area contributed by atoms with Crippen LogP contribution in [-0.4, -0.2) is 46.1 Å². The number of carbonyl (C=O) groups excluding carboxylic acids is 1. The van der Waals surface area contributed by atoms with Crippen molar-refractivity contribution in [1.29, 1.82) is 0 Å². The van der Waals surface area contributed by atoms with Gasteiger partial charge in [0.15, 0.2) is 0 Å². The number of rotatable bonds is 61. The Morgan fingerprint density at radius 2 is 0.557 bits per heavy atom. The van der Waals surface area contributed by atoms with Crippen LogP contribution in [0.15, 0.2) is 12.2 Å². The lowest BCUT2D eigenvalue weighted by Gasteiger charge is -2.21. The number of unbranched alkanes of at least 4 members (excludes halogenated alkanes) is 53. The standard InChI is InChI=1S/C65H129NO4/c1-3-5-7-9-11-13-15-17-19-21-23-25-27-29-30-31-32-33-34-35-36-38-40-42-44-46-48-50-52-54-56-58-60-64(69)65(70)66-62(61-67)63(68)59-57-55-53-51-49-47-45-43-41-39-37-28-26-24-22-20-18-16-14-12-10-8-6-4-2/h57,59,62-64,67-69H,3-56,58,60-61H2,1-2H3,(H,66,70)/b59-57+. The second-order valence-corrected chi connectivity index (χ2v) is 22.7. The van der Waals surface area contributed by atoms with E-state index < -0.39 is 24.2 Å². The van der Waals surface area contributed by atoms with Crippen molar-refractivity contribution in [2.75, 3.05) is 6.61 Å². The Labute approximate surface area is 440 Å². The van der Waals surface area contributed by atoms with Crippen molar-refractivity contribution < 1.29 is 20.1 Å². The summed E-state index contributed by atoms with van der Waals surface area (Å²) in [4.78, 5) is 12.6. The van der Waals surface area contributed by atoms with E-state index in [4.69, 9.17) is 0 Å². The maximum atomic E-state index is 12.6. The van der Waals surface area contributed by atoms with Crippen molar-refractivity contribution in [3.63, 3.8) is 0 Å². The third kappa shape index (κ3) is 54.9. The van der Waals surface area contributed by atoms with Gasteiger partial charge in [0, 0.05) is 0 Å². The van der Waals surface area contributed by atoms with Crippen LogP contribution in [-0.2, 0) is 4.79 Å². The van der Waals surface area contributed by atoms with Crippen LogP contribution in [0.25, 0.3) is 0 Å². The van der Waals surface area contributed by atoms with Crippen molar-refractivity contribution in [1.82, 2.24) is 5.32 Å². The molecular weight excluding hydrogens is 859 g/mol. The number of aliphatic hydroxyl groups is 3. The summed E-state index contributed by atoms with van der Waals surface area (Å²) in [5.74, 6) is -0.494. The van der Waals surface area contributed by atoms with E-state index in [0.717, 1.165) is 32.1 Å². The van der Waals surface area contributed by atoms with Gasteiger partial charge in [0.05, 0.1) is 18.8 Å². The summed E-state index contributed by atoms with van der Waals surface area (Å²) >= 11 is 0. The van der Waals surface area contributed by atoms with Crippen LogP contribution in [0, 0.1) is 0 Å². The maximum absolute atomic E-state index is 12.6. The molecule has 0 saturated carbocycles. The molecule has 0 aromatic rings. The van der Waals surface area contributed by atoms with Gasteiger partial charge in [-0.05, 0) is 19.3 Å². The lowest BCUT2D eigenvalue weighted by molar-refractivity contribution is -0.131. The Bertz CT molecular complexity index is 1000. The highest BCUT2D eigenvalue weighted by Crippen LogP contribution is 2.19. The molecule has 4 N–H and O–H groups in total. The van der Waals surface area contributed by atoms with Crippen LogP contribution in [0.5, 0.6) is 0 Å². The van der Waals surface area contributed by atoms with E-state index in [2.05, 4.69) is 19.2 Å². The first-order valence-electron chi connectivity index (χ1n) is 32.5. The van der Waals surface area contributed by atoms with E-state index in [-0.39, 0.29) is 6.61 Å². The molecule has 0 spiro atoms. The van der Waals surface area contributed by atoms with E-state index in [1.165, 1.54) is 321 Å². The van der Waals surface area contributed by atoms with Crippen molar-refractivity contribution >= 4 is 5.91 Å². The summed E-state index contributed by atoms with van der Waals surface area (Å²) in [6.45, 7) is 4.24. The molecule has 0 rings (SSSR count). The fourth-order valence-corrected chi connectivity index (χ4v) is 10.6. The molecule has 0 aliphatic rings. The first kappa shape index (κ1) is 69.1. The topological polar surface area (TPSA) is 89.8 Å². The lowest BCUT2D eigenvalue weighted by atomic mass is 10.0. The highest BCUT2D eigenvalue weighted by atomic mass is 16.3. The molecule has 0 heterocycles. The average Bonchev–Trinajstić information content (AvgIpc) is 3.36. The molecule has 3 unspecified atom stereocenters.